The van der Waals surface area contributed by atoms with Crippen LogP contribution in [0.5, 0.6) is 0 Å². The van der Waals surface area contributed by atoms with E-state index < -0.39 is 5.41 Å². The Morgan fingerprint density at radius 3 is 2.60 bits per heavy atom. The van der Waals surface area contributed by atoms with E-state index in [2.05, 4.69) is 30.6 Å². The Morgan fingerprint density at radius 2 is 2.03 bits per heavy atom. The Kier molecular flexibility index (Phi) is 10.9. The first-order chi connectivity index (χ1) is 16.8. The summed E-state index contributed by atoms with van der Waals surface area (Å²) < 4.78 is 5.25. The van der Waals surface area contributed by atoms with Crippen LogP contribution in [0, 0.1) is 5.41 Å². The van der Waals surface area contributed by atoms with Crippen molar-refractivity contribution in [3.63, 3.8) is 0 Å². The lowest BCUT2D eigenvalue weighted by Crippen LogP contribution is -2.44. The van der Waals surface area contributed by atoms with Crippen molar-refractivity contribution in [2.75, 3.05) is 20.2 Å². The zero-order valence-electron chi connectivity index (χ0n) is 21.0. The second-order valence-electron chi connectivity index (χ2n) is 8.60. The number of methoxy groups -OCH3 is 1. The van der Waals surface area contributed by atoms with Gasteiger partial charge in [0.2, 0.25) is 5.91 Å². The summed E-state index contributed by atoms with van der Waals surface area (Å²) in [5.41, 5.74) is 3.13. The number of carbonyl (C=O) groups is 2. The lowest BCUT2D eigenvalue weighted by Gasteiger charge is -2.28. The third kappa shape index (κ3) is 7.89. The van der Waals surface area contributed by atoms with Crippen molar-refractivity contribution in [3.05, 3.63) is 89.9 Å². The minimum Gasteiger partial charge on any atom is -0.497 e. The van der Waals surface area contributed by atoms with Gasteiger partial charge >= 0.3 is 0 Å². The first-order valence-electron chi connectivity index (χ1n) is 11.8. The topological polar surface area (TPSA) is 58.6 Å². The lowest BCUT2D eigenvalue weighted by atomic mass is 9.94. The number of aryl methyl sites for hydroxylation is 1. The van der Waals surface area contributed by atoms with Crippen molar-refractivity contribution < 1.29 is 14.3 Å². The van der Waals surface area contributed by atoms with E-state index in [9.17, 15) is 9.59 Å². The van der Waals surface area contributed by atoms with Crippen LogP contribution in [0.3, 0.4) is 0 Å². The molecule has 0 radical (unpaired) electrons. The van der Waals surface area contributed by atoms with Gasteiger partial charge in [0.25, 0.3) is 0 Å². The fourth-order valence-corrected chi connectivity index (χ4v) is 4.21. The molecular formula is C29H36N2O3S. The van der Waals surface area contributed by atoms with E-state index in [0.717, 1.165) is 43.1 Å². The minimum absolute atomic E-state index is 0.0642. The molecule has 2 rings (SSSR count). The Labute approximate surface area is 214 Å². The second kappa shape index (κ2) is 13.6. The largest absolute Gasteiger partial charge is 0.497 e. The van der Waals surface area contributed by atoms with Gasteiger partial charge < -0.3 is 15.0 Å². The molecule has 0 aliphatic heterocycles. The molecule has 6 heteroatoms. The summed E-state index contributed by atoms with van der Waals surface area (Å²) in [6.07, 6.45) is 12.8. The molecule has 1 aromatic carbocycles. The van der Waals surface area contributed by atoms with Gasteiger partial charge in [-0.2, -0.15) is 0 Å². The van der Waals surface area contributed by atoms with E-state index in [4.69, 9.17) is 17.0 Å². The molecule has 1 fully saturated rings. The van der Waals surface area contributed by atoms with E-state index in [1.807, 2.05) is 42.2 Å². The molecule has 1 aliphatic carbocycles. The van der Waals surface area contributed by atoms with Crippen LogP contribution in [0.1, 0.15) is 44.2 Å². The molecule has 0 saturated heterocycles. The molecule has 1 saturated carbocycles. The smallest absolute Gasteiger partial charge is 0.233 e. The highest BCUT2D eigenvalue weighted by atomic mass is 32.1. The number of hydrogen-bond acceptors (Lipinski definition) is 4. The SMILES string of the molecule is C=C/C(=C\C=C(/C)C1(C(=O)N(CCCc2cccc(C=C)c2)CC(=S)N/C(C=O)=C/C)CC1)OC. The van der Waals surface area contributed by atoms with Gasteiger partial charge in [-0.1, -0.05) is 73.4 Å². The summed E-state index contributed by atoms with van der Waals surface area (Å²) in [5.74, 6) is 0.707. The van der Waals surface area contributed by atoms with Gasteiger partial charge in [-0.25, -0.2) is 0 Å². The molecule has 0 spiro atoms. The van der Waals surface area contributed by atoms with Gasteiger partial charge in [0, 0.05) is 6.54 Å². The number of thiocarbonyl (C=S) groups is 1. The molecule has 1 aliphatic rings. The zero-order chi connectivity index (χ0) is 25.8. The number of nitrogens with one attached hydrogen (secondary N) is 1. The molecule has 0 heterocycles. The lowest BCUT2D eigenvalue weighted by molar-refractivity contribution is -0.134. The predicted molar refractivity (Wildman–Crippen MR) is 148 cm³/mol. The highest BCUT2D eigenvalue weighted by molar-refractivity contribution is 7.80. The summed E-state index contributed by atoms with van der Waals surface area (Å²) in [6.45, 7) is 12.1. The van der Waals surface area contributed by atoms with Crippen LogP contribution in [-0.2, 0) is 20.7 Å². The minimum atomic E-state index is -0.525. The average molecular weight is 493 g/mol. The van der Waals surface area contributed by atoms with Crippen LogP contribution in [0.15, 0.2) is 78.8 Å². The van der Waals surface area contributed by atoms with Crippen molar-refractivity contribution in [1.29, 1.82) is 0 Å². The molecular weight excluding hydrogens is 456 g/mol. The Bertz CT molecular complexity index is 1050. The number of aldehydes is 1. The van der Waals surface area contributed by atoms with Crippen molar-refractivity contribution in [1.82, 2.24) is 10.2 Å². The highest BCUT2D eigenvalue weighted by Crippen LogP contribution is 2.53. The third-order valence-electron chi connectivity index (χ3n) is 6.27. The van der Waals surface area contributed by atoms with E-state index in [1.54, 1.807) is 26.2 Å². The fourth-order valence-electron chi connectivity index (χ4n) is 3.94. The second-order valence-corrected chi connectivity index (χ2v) is 9.09. The summed E-state index contributed by atoms with van der Waals surface area (Å²) >= 11 is 5.49. The van der Waals surface area contributed by atoms with Crippen LogP contribution in [-0.4, -0.2) is 42.3 Å². The number of benzene rings is 1. The van der Waals surface area contributed by atoms with Gasteiger partial charge in [0.15, 0.2) is 6.29 Å². The molecule has 1 amide bonds. The maximum atomic E-state index is 13.8. The molecule has 0 aromatic heterocycles. The van der Waals surface area contributed by atoms with Crippen LogP contribution < -0.4 is 5.32 Å². The van der Waals surface area contributed by atoms with Gasteiger partial charge in [0.05, 0.1) is 29.8 Å². The summed E-state index contributed by atoms with van der Waals surface area (Å²) in [6, 6.07) is 8.24. The van der Waals surface area contributed by atoms with Crippen molar-refractivity contribution >= 4 is 35.5 Å². The number of rotatable bonds is 14. The summed E-state index contributed by atoms with van der Waals surface area (Å²) in [5, 5.41) is 2.95. The maximum Gasteiger partial charge on any atom is 0.233 e. The van der Waals surface area contributed by atoms with Crippen molar-refractivity contribution in [2.24, 2.45) is 5.41 Å². The molecule has 186 valence electrons. The fraction of sp³-hybridized carbons (Fsp3) is 0.345. The molecule has 35 heavy (non-hydrogen) atoms. The van der Waals surface area contributed by atoms with Crippen LogP contribution in [0.25, 0.3) is 6.08 Å². The quantitative estimate of drug-likeness (QED) is 0.121. The van der Waals surface area contributed by atoms with Gasteiger partial charge in [-0.15, -0.1) is 0 Å². The van der Waals surface area contributed by atoms with Gasteiger partial charge in [0.1, 0.15) is 5.76 Å². The average Bonchev–Trinajstić information content (AvgIpc) is 3.69. The van der Waals surface area contributed by atoms with Crippen LogP contribution in [0.4, 0.5) is 0 Å². The summed E-state index contributed by atoms with van der Waals surface area (Å²) in [4.78, 5) is 27.2. The van der Waals surface area contributed by atoms with E-state index in [1.165, 1.54) is 5.56 Å². The van der Waals surface area contributed by atoms with E-state index >= 15 is 0 Å². The van der Waals surface area contributed by atoms with Gasteiger partial charge in [-0.05, 0) is 62.8 Å². The zero-order valence-corrected chi connectivity index (χ0v) is 21.8. The number of nitrogens with zero attached hydrogens (tertiary/aromatic N) is 1. The first-order valence-corrected chi connectivity index (χ1v) is 12.2. The standard InChI is InChI=1S/C29H36N2O3S/c1-6-23-11-9-12-24(19-23)13-10-18-31(20-27(35)30-25(7-2)21-32)28(33)29(16-17-29)22(4)14-15-26(8-3)34-5/h6-9,11-12,14-15,19,21H,1,3,10,13,16-18,20H2,2,4-5H3,(H,30,35)/b22-14+,25-7+,26-15+. The normalized spacial score (nSPS) is 15.1. The molecule has 1 N–H and O–H groups in total. The number of ether oxygens (including phenoxy) is 1. The molecule has 0 bridgehead atoms. The van der Waals surface area contributed by atoms with E-state index in [-0.39, 0.29) is 12.5 Å². The van der Waals surface area contributed by atoms with Gasteiger partial charge in [-0.3, -0.25) is 9.59 Å². The monoisotopic (exact) mass is 492 g/mol. The number of carbonyl (C=O) groups excluding carboxylic acids is 2. The van der Waals surface area contributed by atoms with E-state index in [0.29, 0.717) is 23.0 Å². The third-order valence-corrected chi connectivity index (χ3v) is 6.50. The molecule has 0 atom stereocenters. The first kappa shape index (κ1) is 28.0. The highest BCUT2D eigenvalue weighted by Gasteiger charge is 2.52. The number of amides is 1. The Morgan fingerprint density at radius 1 is 1.29 bits per heavy atom. The predicted octanol–water partition coefficient (Wildman–Crippen LogP) is 5.55. The van der Waals surface area contributed by atoms with Crippen molar-refractivity contribution in [2.45, 2.75) is 39.5 Å². The van der Waals surface area contributed by atoms with Crippen LogP contribution in [0.2, 0.25) is 0 Å². The summed E-state index contributed by atoms with van der Waals surface area (Å²) in [7, 11) is 1.59. The number of hydrogen-bond donors (Lipinski definition) is 1. The molecule has 1 aromatic rings. The Hall–Kier alpha value is -3.25. The van der Waals surface area contributed by atoms with Crippen LogP contribution >= 0.6 is 12.2 Å². The molecule has 5 nitrogen and oxygen atoms in total. The maximum absolute atomic E-state index is 13.8. The Balaban J connectivity index is 2.20. The molecule has 0 unspecified atom stereocenters. The number of allylic oxidation sites excluding steroid dienone is 5. The van der Waals surface area contributed by atoms with Crippen molar-refractivity contribution in [3.8, 4) is 0 Å².